The van der Waals surface area contributed by atoms with Crippen LogP contribution in [0.25, 0.3) is 0 Å². The quantitative estimate of drug-likeness (QED) is 0.661. The van der Waals surface area contributed by atoms with E-state index in [0.29, 0.717) is 23.8 Å². The highest BCUT2D eigenvalue weighted by Gasteiger charge is 2.52. The van der Waals surface area contributed by atoms with Gasteiger partial charge in [0.1, 0.15) is 11.6 Å². The first-order chi connectivity index (χ1) is 12.8. The summed E-state index contributed by atoms with van der Waals surface area (Å²) < 4.78 is 0. The summed E-state index contributed by atoms with van der Waals surface area (Å²) in [5.41, 5.74) is 2.60. The van der Waals surface area contributed by atoms with Crippen LogP contribution in [0.4, 0.5) is 4.79 Å². The van der Waals surface area contributed by atoms with E-state index in [1.807, 2.05) is 30.4 Å². The van der Waals surface area contributed by atoms with E-state index >= 15 is 0 Å². The fourth-order valence-electron chi connectivity index (χ4n) is 3.70. The third kappa shape index (κ3) is 4.25. The summed E-state index contributed by atoms with van der Waals surface area (Å²) in [6, 6.07) is 6.92. The van der Waals surface area contributed by atoms with E-state index in [2.05, 4.69) is 17.7 Å². The third-order valence-electron chi connectivity index (χ3n) is 5.56. The molecule has 2 fully saturated rings. The zero-order valence-corrected chi connectivity index (χ0v) is 16.4. The van der Waals surface area contributed by atoms with Crippen LogP contribution in [-0.2, 0) is 9.59 Å². The van der Waals surface area contributed by atoms with Crippen LogP contribution in [0.3, 0.4) is 0 Å². The number of hydrogen-bond acceptors (Lipinski definition) is 3. The standard InChI is InChI=1S/C19H25ClN4O3/c1-12-6-8-19(9-7-12)17(26)24(18(27)22-19)23-16(25)11-21-13(2)14-4-3-5-15(20)10-14/h3-5,10,12-13,21H,6-9,11H2,1-2H3,(H,22,27)(H,23,25)/p+1/t12?,13-,19?/m0/s1. The van der Waals surface area contributed by atoms with Gasteiger partial charge in [-0.15, -0.1) is 0 Å². The van der Waals surface area contributed by atoms with E-state index in [0.717, 1.165) is 23.4 Å². The van der Waals surface area contributed by atoms with Crippen molar-refractivity contribution >= 4 is 29.4 Å². The van der Waals surface area contributed by atoms with Crippen molar-refractivity contribution in [2.24, 2.45) is 5.92 Å². The van der Waals surface area contributed by atoms with Gasteiger partial charge < -0.3 is 10.6 Å². The molecule has 4 N–H and O–H groups in total. The zero-order valence-electron chi connectivity index (χ0n) is 15.6. The molecule has 0 bridgehead atoms. The molecule has 1 aliphatic heterocycles. The summed E-state index contributed by atoms with van der Waals surface area (Å²) in [5, 5.41) is 6.11. The molecule has 0 unspecified atom stereocenters. The van der Waals surface area contributed by atoms with Gasteiger partial charge in [0.25, 0.3) is 11.8 Å². The van der Waals surface area contributed by atoms with Crippen LogP contribution < -0.4 is 16.1 Å². The van der Waals surface area contributed by atoms with Crippen LogP contribution in [0.5, 0.6) is 0 Å². The fraction of sp³-hybridized carbons (Fsp3) is 0.526. The summed E-state index contributed by atoms with van der Waals surface area (Å²) in [6.07, 6.45) is 3.00. The van der Waals surface area contributed by atoms with Gasteiger partial charge in [0.15, 0.2) is 6.54 Å². The average molecular weight is 394 g/mol. The van der Waals surface area contributed by atoms with Crippen molar-refractivity contribution in [2.75, 3.05) is 6.54 Å². The summed E-state index contributed by atoms with van der Waals surface area (Å²) in [7, 11) is 0. The van der Waals surface area contributed by atoms with Crippen LogP contribution in [0.2, 0.25) is 5.02 Å². The molecule has 1 spiro atoms. The summed E-state index contributed by atoms with van der Waals surface area (Å²) >= 11 is 6.00. The first kappa shape index (κ1) is 19.6. The number of imide groups is 1. The third-order valence-corrected chi connectivity index (χ3v) is 5.79. The Bertz CT molecular complexity index is 746. The zero-order chi connectivity index (χ0) is 19.6. The van der Waals surface area contributed by atoms with E-state index < -0.39 is 17.5 Å². The van der Waals surface area contributed by atoms with Crippen molar-refractivity contribution < 1.29 is 19.7 Å². The predicted octanol–water partition coefficient (Wildman–Crippen LogP) is 1.50. The van der Waals surface area contributed by atoms with Gasteiger partial charge in [-0.25, -0.2) is 4.79 Å². The smallest absolute Gasteiger partial charge is 0.332 e. The minimum Gasteiger partial charge on any atom is -0.332 e. The Morgan fingerprint density at radius 2 is 2.11 bits per heavy atom. The molecule has 8 heteroatoms. The number of halogens is 1. The Labute approximate surface area is 163 Å². The number of amides is 4. The van der Waals surface area contributed by atoms with Crippen LogP contribution in [0.1, 0.15) is 51.1 Å². The number of nitrogens with zero attached hydrogens (tertiary/aromatic N) is 1. The van der Waals surface area contributed by atoms with Crippen LogP contribution in [0, 0.1) is 5.92 Å². The number of rotatable bonds is 5. The van der Waals surface area contributed by atoms with Gasteiger partial charge in [0.05, 0.1) is 0 Å². The van der Waals surface area contributed by atoms with Crippen molar-refractivity contribution in [2.45, 2.75) is 51.1 Å². The molecule has 1 saturated carbocycles. The topological polar surface area (TPSA) is 95.1 Å². The Kier molecular flexibility index (Phi) is 5.72. The normalized spacial score (nSPS) is 26.2. The van der Waals surface area contributed by atoms with Crippen molar-refractivity contribution in [3.05, 3.63) is 34.9 Å². The van der Waals surface area contributed by atoms with Crippen LogP contribution >= 0.6 is 11.6 Å². The SMILES string of the molecule is CC1CCC2(CC1)NC(=O)N(NC(=O)C[NH2+][C@@H](C)c1cccc(Cl)c1)C2=O. The molecule has 1 heterocycles. The molecule has 2 aliphatic rings. The molecule has 27 heavy (non-hydrogen) atoms. The molecule has 1 aliphatic carbocycles. The Morgan fingerprint density at radius 1 is 1.41 bits per heavy atom. The number of carbonyl (C=O) groups is 3. The summed E-state index contributed by atoms with van der Waals surface area (Å²) in [6.45, 7) is 4.20. The first-order valence-corrected chi connectivity index (χ1v) is 9.73. The molecule has 1 atom stereocenters. The van der Waals surface area contributed by atoms with Gasteiger partial charge in [0.2, 0.25) is 0 Å². The molecule has 0 aromatic heterocycles. The lowest BCUT2D eigenvalue weighted by atomic mass is 9.77. The summed E-state index contributed by atoms with van der Waals surface area (Å²) in [4.78, 5) is 37.2. The van der Waals surface area contributed by atoms with Gasteiger partial charge in [-0.3, -0.25) is 15.0 Å². The van der Waals surface area contributed by atoms with Crippen molar-refractivity contribution in [1.29, 1.82) is 0 Å². The number of nitrogens with one attached hydrogen (secondary N) is 2. The van der Waals surface area contributed by atoms with E-state index in [9.17, 15) is 14.4 Å². The second kappa shape index (κ2) is 7.86. The monoisotopic (exact) mass is 393 g/mol. The molecule has 7 nitrogen and oxygen atoms in total. The van der Waals surface area contributed by atoms with Crippen LogP contribution in [-0.4, -0.2) is 34.9 Å². The highest BCUT2D eigenvalue weighted by atomic mass is 35.5. The molecule has 1 aromatic rings. The van der Waals surface area contributed by atoms with E-state index in [1.54, 1.807) is 6.07 Å². The van der Waals surface area contributed by atoms with Gasteiger partial charge in [-0.1, -0.05) is 30.7 Å². The molecule has 4 amide bonds. The summed E-state index contributed by atoms with van der Waals surface area (Å²) in [5.74, 6) is -0.198. The maximum Gasteiger partial charge on any atom is 0.344 e. The van der Waals surface area contributed by atoms with E-state index in [1.165, 1.54) is 0 Å². The Hall–Kier alpha value is -2.12. The van der Waals surface area contributed by atoms with E-state index in [-0.39, 0.29) is 18.5 Å². The fourth-order valence-corrected chi connectivity index (χ4v) is 3.89. The number of urea groups is 1. The molecule has 3 rings (SSSR count). The minimum absolute atomic E-state index is 0.0173. The predicted molar refractivity (Wildman–Crippen MR) is 101 cm³/mol. The van der Waals surface area contributed by atoms with Gasteiger partial charge >= 0.3 is 6.03 Å². The number of carbonyl (C=O) groups excluding carboxylic acids is 3. The van der Waals surface area contributed by atoms with Crippen molar-refractivity contribution in [3.63, 3.8) is 0 Å². The number of benzene rings is 1. The van der Waals surface area contributed by atoms with Gasteiger partial charge in [0, 0.05) is 10.6 Å². The largest absolute Gasteiger partial charge is 0.344 e. The maximum atomic E-state index is 12.7. The second-order valence-electron chi connectivity index (χ2n) is 7.65. The molecule has 1 saturated heterocycles. The number of nitrogens with two attached hydrogens (primary N) is 1. The lowest BCUT2D eigenvalue weighted by Crippen LogP contribution is -2.87. The van der Waals surface area contributed by atoms with Crippen LogP contribution in [0.15, 0.2) is 24.3 Å². The molecular formula is C19H26ClN4O3+. The highest BCUT2D eigenvalue weighted by Crippen LogP contribution is 2.35. The molecule has 146 valence electrons. The lowest BCUT2D eigenvalue weighted by Gasteiger charge is -2.33. The maximum absolute atomic E-state index is 12.7. The number of hydrazine groups is 1. The van der Waals surface area contributed by atoms with Gasteiger partial charge in [-0.2, -0.15) is 5.01 Å². The lowest BCUT2D eigenvalue weighted by molar-refractivity contribution is -0.682. The Balaban J connectivity index is 1.54. The number of hydrogen-bond donors (Lipinski definition) is 3. The highest BCUT2D eigenvalue weighted by molar-refractivity contribution is 6.30. The molecule has 0 radical (unpaired) electrons. The van der Waals surface area contributed by atoms with Crippen molar-refractivity contribution in [3.8, 4) is 0 Å². The average Bonchev–Trinajstić information content (AvgIpc) is 2.86. The number of quaternary nitrogens is 1. The Morgan fingerprint density at radius 3 is 2.78 bits per heavy atom. The first-order valence-electron chi connectivity index (χ1n) is 9.36. The van der Waals surface area contributed by atoms with E-state index in [4.69, 9.17) is 11.6 Å². The molecular weight excluding hydrogens is 368 g/mol. The second-order valence-corrected chi connectivity index (χ2v) is 8.09. The van der Waals surface area contributed by atoms with Crippen molar-refractivity contribution in [1.82, 2.24) is 15.8 Å². The molecule has 1 aromatic carbocycles. The van der Waals surface area contributed by atoms with Gasteiger partial charge in [-0.05, 0) is 50.7 Å². The minimum atomic E-state index is -0.853.